The molecule has 0 aliphatic rings. The van der Waals surface area contributed by atoms with Crippen LogP contribution in [0.15, 0.2) is 6.07 Å². The van der Waals surface area contributed by atoms with E-state index in [9.17, 15) is 30.8 Å². The van der Waals surface area contributed by atoms with Crippen LogP contribution >= 0.6 is 11.6 Å². The Labute approximate surface area is 121 Å². The highest BCUT2D eigenvalue weighted by atomic mass is 35.5. The molecule has 0 amide bonds. The van der Waals surface area contributed by atoms with E-state index in [1.165, 1.54) is 6.92 Å². The van der Waals surface area contributed by atoms with Gasteiger partial charge in [-0.25, -0.2) is 4.39 Å². The Kier molecular flexibility index (Phi) is 5.05. The van der Waals surface area contributed by atoms with Crippen molar-refractivity contribution in [2.45, 2.75) is 12.4 Å². The minimum absolute atomic E-state index is 0.0221. The van der Waals surface area contributed by atoms with E-state index < -0.39 is 43.5 Å². The van der Waals surface area contributed by atoms with Gasteiger partial charge in [-0.1, -0.05) is 11.6 Å². The molecule has 0 saturated heterocycles. The molecule has 0 aromatic heterocycles. The predicted molar refractivity (Wildman–Crippen MR) is 63.6 cm³/mol. The largest absolute Gasteiger partial charge is 0.534 e. The fraction of sp³-hybridized carbons (Fsp3) is 0.300. The van der Waals surface area contributed by atoms with Gasteiger partial charge in [-0.3, -0.25) is 4.79 Å². The number of carbonyl (C=O) groups is 1. The van der Waals surface area contributed by atoms with Gasteiger partial charge >= 0.3 is 15.6 Å². The number of ether oxygens (including phenoxy) is 1. The summed E-state index contributed by atoms with van der Waals surface area (Å²) >= 11 is 5.36. The summed E-state index contributed by atoms with van der Waals surface area (Å²) < 4.78 is 80.6. The van der Waals surface area contributed by atoms with E-state index in [0.717, 1.165) is 0 Å². The minimum Gasteiger partial charge on any atom is -0.493 e. The molecular weight excluding hydrogens is 344 g/mol. The van der Waals surface area contributed by atoms with Crippen molar-refractivity contribution < 1.29 is 39.7 Å². The summed E-state index contributed by atoms with van der Waals surface area (Å²) in [5.74, 6) is -3.09. The van der Waals surface area contributed by atoms with Crippen molar-refractivity contribution in [3.8, 4) is 11.5 Å². The first-order valence-electron chi connectivity index (χ1n) is 5.15. The first-order chi connectivity index (χ1) is 9.55. The molecule has 0 bridgehead atoms. The van der Waals surface area contributed by atoms with Crippen molar-refractivity contribution in [2.24, 2.45) is 0 Å². The minimum atomic E-state index is -6.04. The van der Waals surface area contributed by atoms with Crippen LogP contribution in [0.4, 0.5) is 17.6 Å². The van der Waals surface area contributed by atoms with E-state index in [4.69, 9.17) is 16.3 Å². The summed E-state index contributed by atoms with van der Waals surface area (Å²) in [6.45, 7) is 1.39. The van der Waals surface area contributed by atoms with Gasteiger partial charge in [0.15, 0.2) is 17.9 Å². The second-order valence-electron chi connectivity index (χ2n) is 3.45. The predicted octanol–water partition coefficient (Wildman–Crippen LogP) is 2.92. The van der Waals surface area contributed by atoms with E-state index in [1.54, 1.807) is 0 Å². The maximum atomic E-state index is 13.7. The van der Waals surface area contributed by atoms with Gasteiger partial charge in [0, 0.05) is 6.07 Å². The highest BCUT2D eigenvalue weighted by molar-refractivity contribution is 7.88. The van der Waals surface area contributed by atoms with Gasteiger partial charge in [-0.15, -0.1) is 0 Å². The van der Waals surface area contributed by atoms with E-state index in [1.807, 2.05) is 0 Å². The molecule has 0 aliphatic heterocycles. The number of halogens is 5. The monoisotopic (exact) mass is 350 g/mol. The molecule has 11 heteroatoms. The van der Waals surface area contributed by atoms with Crippen molar-refractivity contribution in [1.82, 2.24) is 0 Å². The zero-order valence-corrected chi connectivity index (χ0v) is 11.8. The SMILES string of the molecule is CCOc1cc(OS(=O)(=O)C(F)(F)F)c(Cl)c(F)c1C=O. The van der Waals surface area contributed by atoms with Gasteiger partial charge < -0.3 is 8.92 Å². The second kappa shape index (κ2) is 6.06. The molecule has 0 heterocycles. The molecule has 1 rings (SSSR count). The molecule has 0 radical (unpaired) electrons. The van der Waals surface area contributed by atoms with Crippen LogP contribution in [-0.4, -0.2) is 26.8 Å². The van der Waals surface area contributed by atoms with Crippen molar-refractivity contribution in [2.75, 3.05) is 6.61 Å². The number of aldehydes is 1. The number of hydrogen-bond acceptors (Lipinski definition) is 5. The Hall–Kier alpha value is -1.55. The zero-order valence-electron chi connectivity index (χ0n) is 10.2. The molecule has 1 aromatic carbocycles. The zero-order chi connectivity index (χ0) is 16.4. The van der Waals surface area contributed by atoms with E-state index in [-0.39, 0.29) is 12.9 Å². The highest BCUT2D eigenvalue weighted by Gasteiger charge is 2.49. The van der Waals surface area contributed by atoms with Gasteiger partial charge in [0.1, 0.15) is 10.8 Å². The third-order valence-corrected chi connectivity index (χ3v) is 3.39. The number of alkyl halides is 3. The van der Waals surface area contributed by atoms with Gasteiger partial charge in [-0.2, -0.15) is 21.6 Å². The first kappa shape index (κ1) is 17.5. The third kappa shape index (κ3) is 3.56. The Morgan fingerprint density at radius 2 is 1.90 bits per heavy atom. The fourth-order valence-corrected chi connectivity index (χ4v) is 1.91. The number of benzene rings is 1. The number of hydrogen-bond donors (Lipinski definition) is 0. The van der Waals surface area contributed by atoms with Crippen molar-refractivity contribution in [3.63, 3.8) is 0 Å². The Balaban J connectivity index is 3.42. The van der Waals surface area contributed by atoms with Crippen molar-refractivity contribution in [1.29, 1.82) is 0 Å². The lowest BCUT2D eigenvalue weighted by Gasteiger charge is -2.14. The molecule has 0 N–H and O–H groups in total. The molecule has 0 saturated carbocycles. The van der Waals surface area contributed by atoms with Gasteiger partial charge in [0.2, 0.25) is 0 Å². The van der Waals surface area contributed by atoms with Crippen LogP contribution in [0.2, 0.25) is 5.02 Å². The summed E-state index contributed by atoms with van der Waals surface area (Å²) in [6, 6.07) is 0.585. The maximum Gasteiger partial charge on any atom is 0.534 e. The summed E-state index contributed by atoms with van der Waals surface area (Å²) in [7, 11) is -6.04. The average molecular weight is 351 g/mol. The third-order valence-electron chi connectivity index (χ3n) is 2.07. The van der Waals surface area contributed by atoms with Crippen LogP contribution in [0.25, 0.3) is 0 Å². The highest BCUT2D eigenvalue weighted by Crippen LogP contribution is 2.38. The van der Waals surface area contributed by atoms with Crippen molar-refractivity contribution in [3.05, 3.63) is 22.5 Å². The summed E-state index contributed by atoms with van der Waals surface area (Å²) in [6.07, 6.45) is 0.0221. The van der Waals surface area contributed by atoms with E-state index >= 15 is 0 Å². The Morgan fingerprint density at radius 1 is 1.33 bits per heavy atom. The number of carbonyl (C=O) groups excluding carboxylic acids is 1. The van der Waals surface area contributed by atoms with Crippen LogP contribution in [-0.2, 0) is 10.1 Å². The smallest absolute Gasteiger partial charge is 0.493 e. The van der Waals surface area contributed by atoms with Crippen LogP contribution < -0.4 is 8.92 Å². The molecular formula is C10H7ClF4O5S. The molecule has 1 aromatic rings. The topological polar surface area (TPSA) is 69.7 Å². The molecule has 118 valence electrons. The quantitative estimate of drug-likeness (QED) is 0.353. The fourth-order valence-electron chi connectivity index (χ4n) is 1.21. The summed E-state index contributed by atoms with van der Waals surface area (Å²) in [4.78, 5) is 10.7. The lowest BCUT2D eigenvalue weighted by atomic mass is 10.2. The van der Waals surface area contributed by atoms with Crippen molar-refractivity contribution >= 4 is 28.0 Å². The van der Waals surface area contributed by atoms with Crippen LogP contribution in [0.5, 0.6) is 11.5 Å². The molecule has 0 fully saturated rings. The molecule has 0 aliphatic carbocycles. The Bertz CT molecular complexity index is 656. The summed E-state index contributed by atoms with van der Waals surface area (Å²) in [5, 5.41) is -1.09. The van der Waals surface area contributed by atoms with Gasteiger partial charge in [-0.05, 0) is 6.92 Å². The molecule has 21 heavy (non-hydrogen) atoms. The van der Waals surface area contributed by atoms with Crippen LogP contribution in [0.1, 0.15) is 17.3 Å². The standard InChI is InChI=1S/C10H7ClF4O5S/c1-2-19-6-3-7(8(11)9(12)5(6)4-16)20-21(17,18)10(13,14)15/h3-4H,2H2,1H3. The van der Waals surface area contributed by atoms with Gasteiger partial charge in [0.25, 0.3) is 0 Å². The normalized spacial score (nSPS) is 12.1. The van der Waals surface area contributed by atoms with Crippen LogP contribution in [0.3, 0.4) is 0 Å². The second-order valence-corrected chi connectivity index (χ2v) is 5.36. The maximum absolute atomic E-state index is 13.7. The Morgan fingerprint density at radius 3 is 2.33 bits per heavy atom. The first-order valence-corrected chi connectivity index (χ1v) is 6.94. The molecule has 0 spiro atoms. The average Bonchev–Trinajstić information content (AvgIpc) is 2.34. The number of rotatable bonds is 5. The lowest BCUT2D eigenvalue weighted by Crippen LogP contribution is -2.28. The molecule has 5 nitrogen and oxygen atoms in total. The summed E-state index contributed by atoms with van der Waals surface area (Å²) in [5.41, 5.74) is -6.39. The lowest BCUT2D eigenvalue weighted by molar-refractivity contribution is -0.0500. The molecule has 0 unspecified atom stereocenters. The molecule has 0 atom stereocenters. The van der Waals surface area contributed by atoms with Gasteiger partial charge in [0.05, 0.1) is 12.2 Å². The van der Waals surface area contributed by atoms with E-state index in [2.05, 4.69) is 4.18 Å². The van der Waals surface area contributed by atoms with Crippen LogP contribution in [0, 0.1) is 5.82 Å². The van der Waals surface area contributed by atoms with E-state index in [0.29, 0.717) is 6.07 Å².